The van der Waals surface area contributed by atoms with Crippen molar-refractivity contribution in [3.05, 3.63) is 119 Å². The average Bonchev–Trinajstić information content (AvgIpc) is 3.02. The van der Waals surface area contributed by atoms with Crippen LogP contribution in [0.2, 0.25) is 5.02 Å². The Kier molecular flexibility index (Phi) is 11.1. The van der Waals surface area contributed by atoms with Gasteiger partial charge >= 0.3 is 12.1 Å². The number of methoxy groups -OCH3 is 1. The molecule has 242 valence electrons. The molecule has 0 aromatic heterocycles. The van der Waals surface area contributed by atoms with Crippen molar-refractivity contribution in [3.8, 4) is 11.5 Å². The molecule has 0 unspecified atom stereocenters. The van der Waals surface area contributed by atoms with Gasteiger partial charge < -0.3 is 24.2 Å². The van der Waals surface area contributed by atoms with E-state index in [0.717, 1.165) is 5.56 Å². The monoisotopic (exact) mass is 665 g/mol. The molecule has 0 radical (unpaired) electrons. The minimum atomic E-state index is -3.83. The van der Waals surface area contributed by atoms with E-state index in [1.807, 2.05) is 0 Å². The van der Waals surface area contributed by atoms with Crippen molar-refractivity contribution in [1.82, 2.24) is 4.90 Å². The van der Waals surface area contributed by atoms with Crippen LogP contribution < -0.4 is 4.74 Å². The lowest BCUT2D eigenvalue weighted by Gasteiger charge is -2.29. The smallest absolute Gasteiger partial charge is 0.410 e. The normalized spacial score (nSPS) is 12.2. The molecule has 46 heavy (non-hydrogen) atoms. The number of rotatable bonds is 11. The van der Waals surface area contributed by atoms with Crippen LogP contribution in [0, 0.1) is 0 Å². The summed E-state index contributed by atoms with van der Waals surface area (Å²) < 4.78 is 42.8. The Morgan fingerprint density at radius 3 is 2.11 bits per heavy atom. The van der Waals surface area contributed by atoms with E-state index in [1.165, 1.54) is 54.5 Å². The van der Waals surface area contributed by atoms with Gasteiger partial charge in [-0.25, -0.2) is 18.0 Å². The molecule has 0 heterocycles. The Balaban J connectivity index is 1.43. The molecule has 0 aliphatic rings. The van der Waals surface area contributed by atoms with Gasteiger partial charge in [-0.1, -0.05) is 41.9 Å². The molecule has 11 heteroatoms. The van der Waals surface area contributed by atoms with Crippen molar-refractivity contribution < 1.29 is 37.3 Å². The zero-order chi connectivity index (χ0) is 33.5. The first-order chi connectivity index (χ1) is 21.7. The predicted octanol–water partition coefficient (Wildman–Crippen LogP) is 7.26. The molecule has 9 nitrogen and oxygen atoms in total. The van der Waals surface area contributed by atoms with E-state index in [9.17, 15) is 23.1 Å². The fourth-order valence-electron chi connectivity index (χ4n) is 4.47. The summed E-state index contributed by atoms with van der Waals surface area (Å²) in [6.07, 6.45) is -1.16. The van der Waals surface area contributed by atoms with E-state index in [-0.39, 0.29) is 22.9 Å². The molecule has 0 saturated heterocycles. The number of hydrogen-bond acceptors (Lipinski definition) is 8. The third-order valence-corrected chi connectivity index (χ3v) is 8.83. The summed E-state index contributed by atoms with van der Waals surface area (Å²) in [4.78, 5) is 26.4. The molecule has 0 bridgehead atoms. The second-order valence-corrected chi connectivity index (χ2v) is 13.9. The lowest BCUT2D eigenvalue weighted by atomic mass is 10.1. The van der Waals surface area contributed by atoms with Crippen molar-refractivity contribution in [2.45, 2.75) is 48.7 Å². The SMILES string of the molecule is COC(=O)c1cccc(Oc2ccc(S(=O)(=O)c3ccc(CCN(C[C@@H](O)c4cccc(Cl)c4)C(=O)OC(C)(C)C)cc3)cc2)c1. The van der Waals surface area contributed by atoms with Gasteiger partial charge in [-0.2, -0.15) is 0 Å². The summed E-state index contributed by atoms with van der Waals surface area (Å²) >= 11 is 6.08. The zero-order valence-corrected chi connectivity index (χ0v) is 27.5. The number of sulfone groups is 1. The number of carbonyl (C=O) groups is 2. The maximum Gasteiger partial charge on any atom is 0.410 e. The number of amides is 1. The number of benzene rings is 4. The van der Waals surface area contributed by atoms with E-state index in [2.05, 4.69) is 0 Å². The number of aliphatic hydroxyl groups is 1. The predicted molar refractivity (Wildman–Crippen MR) is 174 cm³/mol. The van der Waals surface area contributed by atoms with Gasteiger partial charge in [0.15, 0.2) is 0 Å². The van der Waals surface area contributed by atoms with Crippen LogP contribution in [-0.4, -0.2) is 56.3 Å². The first kappa shape index (κ1) is 34.5. The van der Waals surface area contributed by atoms with Crippen molar-refractivity contribution >= 4 is 33.5 Å². The van der Waals surface area contributed by atoms with Gasteiger partial charge in [-0.05, 0) is 105 Å². The highest BCUT2D eigenvalue weighted by atomic mass is 35.5. The molecule has 0 saturated carbocycles. The zero-order valence-electron chi connectivity index (χ0n) is 26.0. The first-order valence-electron chi connectivity index (χ1n) is 14.5. The maximum atomic E-state index is 13.3. The summed E-state index contributed by atoms with van der Waals surface area (Å²) in [6.45, 7) is 5.51. The molecule has 1 amide bonds. The first-order valence-corrected chi connectivity index (χ1v) is 16.3. The molecule has 0 aliphatic heterocycles. The third-order valence-electron chi connectivity index (χ3n) is 6.81. The second kappa shape index (κ2) is 14.8. The van der Waals surface area contributed by atoms with Crippen molar-refractivity contribution in [2.75, 3.05) is 20.2 Å². The van der Waals surface area contributed by atoms with E-state index in [1.54, 1.807) is 75.4 Å². The molecular weight excluding hydrogens is 630 g/mol. The largest absolute Gasteiger partial charge is 0.465 e. The number of hydrogen-bond donors (Lipinski definition) is 1. The van der Waals surface area contributed by atoms with Gasteiger partial charge in [-0.3, -0.25) is 0 Å². The van der Waals surface area contributed by atoms with Crippen molar-refractivity contribution in [1.29, 1.82) is 0 Å². The van der Waals surface area contributed by atoms with Crippen LogP contribution in [0.25, 0.3) is 0 Å². The van der Waals surface area contributed by atoms with Crippen LogP contribution in [0.5, 0.6) is 11.5 Å². The number of esters is 1. The Bertz CT molecular complexity index is 1770. The van der Waals surface area contributed by atoms with Gasteiger partial charge in [0.05, 0.1) is 35.1 Å². The van der Waals surface area contributed by atoms with Crippen molar-refractivity contribution in [3.63, 3.8) is 0 Å². The fourth-order valence-corrected chi connectivity index (χ4v) is 5.93. The lowest BCUT2D eigenvalue weighted by molar-refractivity contribution is 0.0147. The van der Waals surface area contributed by atoms with Crippen LogP contribution in [-0.2, 0) is 25.7 Å². The number of halogens is 1. The molecule has 4 rings (SSSR count). The number of carbonyl (C=O) groups excluding carboxylic acids is 2. The highest BCUT2D eigenvalue weighted by Gasteiger charge is 2.25. The van der Waals surface area contributed by atoms with Gasteiger partial charge in [0.25, 0.3) is 0 Å². The van der Waals surface area contributed by atoms with Gasteiger partial charge in [-0.15, -0.1) is 0 Å². The van der Waals surface area contributed by atoms with Crippen LogP contribution in [0.3, 0.4) is 0 Å². The fraction of sp³-hybridized carbons (Fsp3) is 0.257. The molecule has 1 N–H and O–H groups in total. The van der Waals surface area contributed by atoms with Crippen molar-refractivity contribution in [2.24, 2.45) is 0 Å². The molecule has 4 aromatic rings. The highest BCUT2D eigenvalue weighted by molar-refractivity contribution is 7.91. The van der Waals surface area contributed by atoms with E-state index in [4.69, 9.17) is 25.8 Å². The Morgan fingerprint density at radius 1 is 0.870 bits per heavy atom. The average molecular weight is 666 g/mol. The van der Waals surface area contributed by atoms with Crippen LogP contribution in [0.4, 0.5) is 4.79 Å². The number of nitrogens with zero attached hydrogens (tertiary/aromatic N) is 1. The third kappa shape index (κ3) is 9.32. The topological polar surface area (TPSA) is 119 Å². The lowest BCUT2D eigenvalue weighted by Crippen LogP contribution is -2.40. The standard InChI is InChI=1S/C35H36ClNO8S/c1-35(2,3)45-34(40)37(23-32(38)25-7-5-9-27(36)21-25)20-19-24-11-15-30(16-12-24)46(41,42)31-17-13-28(14-18-31)44-29-10-6-8-26(22-29)33(39)43-4/h5-18,21-22,32,38H,19-20,23H2,1-4H3/t32-/m1/s1. The van der Waals surface area contributed by atoms with Gasteiger partial charge in [0.1, 0.15) is 17.1 Å². The minimum absolute atomic E-state index is 0.0157. The van der Waals surface area contributed by atoms with E-state index < -0.39 is 33.6 Å². The molecule has 0 fully saturated rings. The number of ether oxygens (including phenoxy) is 3. The second-order valence-electron chi connectivity index (χ2n) is 11.5. The van der Waals surface area contributed by atoms with E-state index >= 15 is 0 Å². The Hall–Kier alpha value is -4.38. The Morgan fingerprint density at radius 2 is 1.50 bits per heavy atom. The summed E-state index contributed by atoms with van der Waals surface area (Å²) in [7, 11) is -2.54. The molecule has 0 spiro atoms. The van der Waals surface area contributed by atoms with Gasteiger partial charge in [0, 0.05) is 11.6 Å². The summed E-state index contributed by atoms with van der Waals surface area (Å²) in [6, 6.07) is 25.7. The minimum Gasteiger partial charge on any atom is -0.465 e. The van der Waals surface area contributed by atoms with Crippen LogP contribution >= 0.6 is 11.6 Å². The molecule has 0 aliphatic carbocycles. The Labute approximate surface area is 274 Å². The molecule has 1 atom stereocenters. The van der Waals surface area contributed by atoms with Crippen LogP contribution in [0.15, 0.2) is 107 Å². The summed E-state index contributed by atoms with van der Waals surface area (Å²) in [5.74, 6) is 0.301. The number of aliphatic hydroxyl groups excluding tert-OH is 1. The molecule has 4 aromatic carbocycles. The molecular formula is C35H36ClNO8S. The summed E-state index contributed by atoms with van der Waals surface area (Å²) in [5, 5.41) is 11.3. The summed E-state index contributed by atoms with van der Waals surface area (Å²) in [5.41, 5.74) is 0.965. The van der Waals surface area contributed by atoms with Gasteiger partial charge in [0.2, 0.25) is 9.84 Å². The quantitative estimate of drug-likeness (QED) is 0.166. The highest BCUT2D eigenvalue weighted by Crippen LogP contribution is 2.27. The van der Waals surface area contributed by atoms with Crippen LogP contribution in [0.1, 0.15) is 48.4 Å². The maximum absolute atomic E-state index is 13.3. The van der Waals surface area contributed by atoms with E-state index in [0.29, 0.717) is 34.1 Å².